The highest BCUT2D eigenvalue weighted by atomic mass is 127. The molecule has 0 N–H and O–H groups in total. The van der Waals surface area contributed by atoms with Crippen LogP contribution < -0.4 is 0 Å². The summed E-state index contributed by atoms with van der Waals surface area (Å²) in [5, 5.41) is 1.21. The fourth-order valence-electron chi connectivity index (χ4n) is 2.80. The first kappa shape index (κ1) is 12.3. The summed E-state index contributed by atoms with van der Waals surface area (Å²) in [5.74, 6) is 0. The van der Waals surface area contributed by atoms with E-state index in [1.165, 1.54) is 30.3 Å². The summed E-state index contributed by atoms with van der Waals surface area (Å²) in [7, 11) is 2.19. The Balaban J connectivity index is 2.18. The second-order valence-corrected chi connectivity index (χ2v) is 5.59. The molecule has 0 bridgehead atoms. The molecule has 2 aromatic heterocycles. The Morgan fingerprint density at radius 1 is 1.44 bits per heavy atom. The lowest BCUT2D eigenvalue weighted by Crippen LogP contribution is -2.18. The van der Waals surface area contributed by atoms with Crippen molar-refractivity contribution in [2.75, 3.05) is 13.6 Å². The molecule has 18 heavy (non-hydrogen) atoms. The highest BCUT2D eigenvalue weighted by Gasteiger charge is 2.25. The molecule has 1 fully saturated rings. The van der Waals surface area contributed by atoms with Crippen molar-refractivity contribution in [1.29, 1.82) is 0 Å². The van der Waals surface area contributed by atoms with Gasteiger partial charge < -0.3 is 0 Å². The van der Waals surface area contributed by atoms with E-state index >= 15 is 0 Å². The van der Waals surface area contributed by atoms with Crippen LogP contribution in [0.1, 0.15) is 30.1 Å². The van der Waals surface area contributed by atoms with E-state index in [2.05, 4.69) is 50.6 Å². The van der Waals surface area contributed by atoms with Crippen molar-refractivity contribution in [3.05, 3.63) is 35.8 Å². The Hall–Kier alpha value is -0.750. The average molecular weight is 353 g/mol. The van der Waals surface area contributed by atoms with E-state index in [9.17, 15) is 0 Å². The molecule has 3 rings (SSSR count). The number of nitrogens with zero attached hydrogens (tertiary/aromatic N) is 3. The van der Waals surface area contributed by atoms with Gasteiger partial charge in [-0.15, -0.1) is 0 Å². The van der Waals surface area contributed by atoms with Crippen LogP contribution in [0.3, 0.4) is 0 Å². The summed E-state index contributed by atoms with van der Waals surface area (Å²) in [6.07, 6.45) is 6.41. The SMILES string of the molecule is CN1CCC[C@H]1c1cnc(CI)c2cccnc12. The summed E-state index contributed by atoms with van der Waals surface area (Å²) < 4.78 is 0.931. The van der Waals surface area contributed by atoms with E-state index in [4.69, 9.17) is 0 Å². The molecule has 1 saturated heterocycles. The molecule has 1 aliphatic rings. The van der Waals surface area contributed by atoms with Crippen molar-refractivity contribution in [3.63, 3.8) is 0 Å². The number of rotatable bonds is 2. The molecule has 0 spiro atoms. The Morgan fingerprint density at radius 2 is 2.33 bits per heavy atom. The van der Waals surface area contributed by atoms with Gasteiger partial charge in [-0.1, -0.05) is 22.6 Å². The molecular formula is C14H16IN3. The number of aromatic nitrogens is 2. The van der Waals surface area contributed by atoms with Crippen molar-refractivity contribution in [2.45, 2.75) is 23.3 Å². The number of pyridine rings is 2. The monoisotopic (exact) mass is 353 g/mol. The summed E-state index contributed by atoms with van der Waals surface area (Å²) in [4.78, 5) is 11.6. The number of halogens is 1. The summed E-state index contributed by atoms with van der Waals surface area (Å²) >= 11 is 2.36. The molecular weight excluding hydrogens is 337 g/mol. The molecule has 3 heterocycles. The van der Waals surface area contributed by atoms with E-state index in [-0.39, 0.29) is 0 Å². The summed E-state index contributed by atoms with van der Waals surface area (Å²) in [5.41, 5.74) is 3.57. The lowest BCUT2D eigenvalue weighted by molar-refractivity contribution is 0.318. The third kappa shape index (κ3) is 2.01. The third-order valence-electron chi connectivity index (χ3n) is 3.76. The van der Waals surface area contributed by atoms with Gasteiger partial charge in [0.15, 0.2) is 0 Å². The zero-order valence-electron chi connectivity index (χ0n) is 10.4. The molecule has 2 aromatic rings. The van der Waals surface area contributed by atoms with Crippen LogP contribution in [0.15, 0.2) is 24.5 Å². The van der Waals surface area contributed by atoms with Crippen molar-refractivity contribution in [3.8, 4) is 0 Å². The lowest BCUT2D eigenvalue weighted by atomic mass is 10.0. The first-order chi connectivity index (χ1) is 8.81. The minimum absolute atomic E-state index is 0.484. The summed E-state index contributed by atoms with van der Waals surface area (Å²) in [6, 6.07) is 4.63. The van der Waals surface area contributed by atoms with Gasteiger partial charge in [-0.25, -0.2) is 0 Å². The van der Waals surface area contributed by atoms with E-state index in [1.807, 2.05) is 18.5 Å². The number of alkyl halides is 1. The largest absolute Gasteiger partial charge is 0.299 e. The van der Waals surface area contributed by atoms with E-state index in [0.717, 1.165) is 15.6 Å². The molecule has 0 saturated carbocycles. The topological polar surface area (TPSA) is 29.0 Å². The van der Waals surface area contributed by atoms with Crippen LogP contribution in [0.4, 0.5) is 0 Å². The molecule has 0 amide bonds. The minimum atomic E-state index is 0.484. The maximum atomic E-state index is 4.63. The van der Waals surface area contributed by atoms with E-state index < -0.39 is 0 Å². The highest BCUT2D eigenvalue weighted by Crippen LogP contribution is 2.34. The fourth-order valence-corrected chi connectivity index (χ4v) is 3.41. The minimum Gasteiger partial charge on any atom is -0.299 e. The zero-order chi connectivity index (χ0) is 12.5. The third-order valence-corrected chi connectivity index (χ3v) is 4.48. The number of hydrogen-bond acceptors (Lipinski definition) is 3. The van der Waals surface area contributed by atoms with Gasteiger partial charge in [0.25, 0.3) is 0 Å². The Labute approximate surface area is 121 Å². The molecule has 4 heteroatoms. The molecule has 1 aliphatic heterocycles. The normalized spacial score (nSPS) is 20.7. The van der Waals surface area contributed by atoms with Gasteiger partial charge >= 0.3 is 0 Å². The first-order valence-electron chi connectivity index (χ1n) is 6.30. The second-order valence-electron chi connectivity index (χ2n) is 4.83. The quantitative estimate of drug-likeness (QED) is 0.613. The Kier molecular flexibility index (Phi) is 3.48. The molecule has 0 aliphatic carbocycles. The molecule has 94 valence electrons. The van der Waals surface area contributed by atoms with Crippen molar-refractivity contribution in [2.24, 2.45) is 0 Å². The second kappa shape index (κ2) is 5.09. The predicted octanol–water partition coefficient (Wildman–Crippen LogP) is 3.33. The van der Waals surface area contributed by atoms with Crippen LogP contribution in [0.25, 0.3) is 10.9 Å². The average Bonchev–Trinajstić information content (AvgIpc) is 2.83. The fraction of sp³-hybridized carbons (Fsp3) is 0.429. The Morgan fingerprint density at radius 3 is 3.06 bits per heavy atom. The van der Waals surface area contributed by atoms with Crippen LogP contribution in [-0.2, 0) is 4.43 Å². The van der Waals surface area contributed by atoms with E-state index in [0.29, 0.717) is 6.04 Å². The van der Waals surface area contributed by atoms with Gasteiger partial charge in [-0.3, -0.25) is 14.9 Å². The van der Waals surface area contributed by atoms with Crippen molar-refractivity contribution < 1.29 is 0 Å². The molecule has 3 nitrogen and oxygen atoms in total. The van der Waals surface area contributed by atoms with Gasteiger partial charge in [0.1, 0.15) is 0 Å². The van der Waals surface area contributed by atoms with Gasteiger partial charge in [-0.05, 0) is 38.6 Å². The van der Waals surface area contributed by atoms with Crippen LogP contribution in [0.2, 0.25) is 0 Å². The van der Waals surface area contributed by atoms with Gasteiger partial charge in [0.2, 0.25) is 0 Å². The summed E-state index contributed by atoms with van der Waals surface area (Å²) in [6.45, 7) is 1.17. The number of likely N-dealkylation sites (tertiary alicyclic amines) is 1. The lowest BCUT2D eigenvalue weighted by Gasteiger charge is -2.21. The van der Waals surface area contributed by atoms with Crippen molar-refractivity contribution >= 4 is 33.5 Å². The number of hydrogen-bond donors (Lipinski definition) is 0. The number of fused-ring (bicyclic) bond motifs is 1. The molecule has 0 unspecified atom stereocenters. The van der Waals surface area contributed by atoms with E-state index in [1.54, 1.807) is 0 Å². The zero-order valence-corrected chi connectivity index (χ0v) is 12.6. The van der Waals surface area contributed by atoms with Gasteiger partial charge in [-0.2, -0.15) is 0 Å². The molecule has 1 atom stereocenters. The van der Waals surface area contributed by atoms with Gasteiger partial charge in [0, 0.05) is 33.8 Å². The van der Waals surface area contributed by atoms with Crippen LogP contribution in [0, 0.1) is 0 Å². The molecule has 0 aromatic carbocycles. The maximum Gasteiger partial charge on any atom is 0.0783 e. The standard InChI is InChI=1S/C14H16IN3/c1-18-7-3-5-13(18)11-9-17-12(8-15)10-4-2-6-16-14(10)11/h2,4,6,9,13H,3,5,7-8H2,1H3/t13-/m0/s1. The van der Waals surface area contributed by atoms with Gasteiger partial charge in [0.05, 0.1) is 11.2 Å². The highest BCUT2D eigenvalue weighted by molar-refractivity contribution is 14.1. The predicted molar refractivity (Wildman–Crippen MR) is 81.9 cm³/mol. The first-order valence-corrected chi connectivity index (χ1v) is 7.82. The smallest absolute Gasteiger partial charge is 0.0783 e. The maximum absolute atomic E-state index is 4.63. The van der Waals surface area contributed by atoms with Crippen LogP contribution in [-0.4, -0.2) is 28.5 Å². The molecule has 0 radical (unpaired) electrons. The van der Waals surface area contributed by atoms with Crippen molar-refractivity contribution in [1.82, 2.24) is 14.9 Å². The Bertz CT molecular complexity index is 570. The van der Waals surface area contributed by atoms with Crippen LogP contribution >= 0.6 is 22.6 Å². The van der Waals surface area contributed by atoms with Crippen LogP contribution in [0.5, 0.6) is 0 Å².